The fraction of sp³-hybridized carbons (Fsp3) is 1.00. The van der Waals surface area contributed by atoms with Crippen molar-refractivity contribution in [3.05, 3.63) is 0 Å². The molecule has 2 unspecified atom stereocenters. The first-order valence-electron chi connectivity index (χ1n) is 3.71. The molecule has 0 amide bonds. The van der Waals surface area contributed by atoms with E-state index in [1.807, 2.05) is 0 Å². The van der Waals surface area contributed by atoms with E-state index >= 15 is 0 Å². The summed E-state index contributed by atoms with van der Waals surface area (Å²) < 4.78 is 20.1. The molecular formula is C6H15O7S+. The molecule has 0 rings (SSSR count). The van der Waals surface area contributed by atoms with Crippen molar-refractivity contribution in [2.75, 3.05) is 26.4 Å². The standard InChI is InChI=1S/C6H14O5.O2S/c7-1-5(9)3-11-4-6(10)2-8;1-3-2/h5-10H,1-4H2;/p+1. The summed E-state index contributed by atoms with van der Waals surface area (Å²) >= 11 is -0.500. The van der Waals surface area contributed by atoms with Crippen molar-refractivity contribution >= 4 is 11.9 Å². The van der Waals surface area contributed by atoms with Gasteiger partial charge in [0.15, 0.2) is 0 Å². The second kappa shape index (κ2) is 12.8. The molecule has 0 aromatic heterocycles. The Bertz CT molecular complexity index is 113. The van der Waals surface area contributed by atoms with Gasteiger partial charge < -0.3 is 25.2 Å². The molecule has 0 fully saturated rings. The van der Waals surface area contributed by atoms with Gasteiger partial charge in [-0.05, 0) is 0 Å². The number of aliphatic hydroxyl groups is 4. The van der Waals surface area contributed by atoms with Gasteiger partial charge in [0, 0.05) is 0 Å². The van der Waals surface area contributed by atoms with Crippen molar-refractivity contribution in [2.45, 2.75) is 12.2 Å². The van der Waals surface area contributed by atoms with Gasteiger partial charge >= 0.3 is 11.9 Å². The molecule has 0 spiro atoms. The van der Waals surface area contributed by atoms with Gasteiger partial charge in [0.1, 0.15) is 12.2 Å². The second-order valence-corrected chi connectivity index (χ2v) is 2.43. The highest BCUT2D eigenvalue weighted by Crippen LogP contribution is 1.87. The Morgan fingerprint density at radius 3 is 1.57 bits per heavy atom. The van der Waals surface area contributed by atoms with Crippen LogP contribution < -0.4 is 0 Å². The predicted octanol–water partition coefficient (Wildman–Crippen LogP) is -2.40. The molecule has 0 radical (unpaired) electrons. The van der Waals surface area contributed by atoms with E-state index in [9.17, 15) is 0 Å². The Morgan fingerprint density at radius 1 is 1.07 bits per heavy atom. The largest absolute Gasteiger partial charge is 0.690 e. The SMILES string of the molecule is O=[S+]O.OCC(O)COCC(O)CO. The summed E-state index contributed by atoms with van der Waals surface area (Å²) in [7, 11) is 0. The van der Waals surface area contributed by atoms with E-state index in [-0.39, 0.29) is 26.4 Å². The summed E-state index contributed by atoms with van der Waals surface area (Å²) in [5.41, 5.74) is 0. The first-order valence-corrected chi connectivity index (χ1v) is 4.41. The lowest BCUT2D eigenvalue weighted by molar-refractivity contribution is -0.0364. The molecule has 2 atom stereocenters. The van der Waals surface area contributed by atoms with Crippen molar-refractivity contribution in [3.8, 4) is 0 Å². The summed E-state index contributed by atoms with van der Waals surface area (Å²) in [4.78, 5) is 0. The normalized spacial score (nSPS) is 13.8. The van der Waals surface area contributed by atoms with E-state index in [0.717, 1.165) is 0 Å². The number of hydrogen-bond donors (Lipinski definition) is 5. The summed E-state index contributed by atoms with van der Waals surface area (Å²) in [6.45, 7) is -0.800. The average Bonchev–Trinajstić information content (AvgIpc) is 2.18. The minimum atomic E-state index is -0.916. The number of aliphatic hydroxyl groups excluding tert-OH is 4. The highest BCUT2D eigenvalue weighted by molar-refractivity contribution is 7.59. The zero-order valence-corrected chi connectivity index (χ0v) is 8.26. The zero-order chi connectivity index (χ0) is 11.4. The van der Waals surface area contributed by atoms with Gasteiger partial charge in [0.25, 0.3) is 0 Å². The van der Waals surface area contributed by atoms with Gasteiger partial charge in [-0.25, -0.2) is 0 Å². The molecule has 0 saturated carbocycles. The first-order chi connectivity index (χ1) is 6.62. The van der Waals surface area contributed by atoms with Crippen LogP contribution in [0.4, 0.5) is 0 Å². The van der Waals surface area contributed by atoms with Gasteiger partial charge in [-0.2, -0.15) is 0 Å². The third-order valence-electron chi connectivity index (χ3n) is 1.04. The maximum Gasteiger partial charge on any atom is 0.690 e. The summed E-state index contributed by atoms with van der Waals surface area (Å²) in [6.07, 6.45) is -1.83. The van der Waals surface area contributed by atoms with Crippen LogP contribution in [0.3, 0.4) is 0 Å². The lowest BCUT2D eigenvalue weighted by Crippen LogP contribution is -2.25. The molecule has 0 heterocycles. The summed E-state index contributed by atoms with van der Waals surface area (Å²) in [6, 6.07) is 0. The average molecular weight is 231 g/mol. The van der Waals surface area contributed by atoms with Gasteiger partial charge in [-0.15, -0.1) is 0 Å². The minimum absolute atomic E-state index is 0.0342. The van der Waals surface area contributed by atoms with Gasteiger partial charge in [-0.1, -0.05) is 4.55 Å². The summed E-state index contributed by atoms with van der Waals surface area (Å²) in [5.74, 6) is 0. The van der Waals surface area contributed by atoms with Crippen LogP contribution in [0.2, 0.25) is 0 Å². The minimum Gasteiger partial charge on any atom is -0.394 e. The fourth-order valence-corrected chi connectivity index (χ4v) is 0.446. The van der Waals surface area contributed by atoms with Crippen LogP contribution in [-0.2, 0) is 20.9 Å². The Kier molecular flexibility index (Phi) is 14.8. The van der Waals surface area contributed by atoms with Gasteiger partial charge in [0.05, 0.1) is 30.6 Å². The molecule has 5 N–H and O–H groups in total. The molecule has 8 heteroatoms. The maximum atomic E-state index is 8.72. The van der Waals surface area contributed by atoms with Crippen LogP contribution in [0.15, 0.2) is 0 Å². The Morgan fingerprint density at radius 2 is 1.36 bits per heavy atom. The molecule has 0 aliphatic carbocycles. The van der Waals surface area contributed by atoms with E-state index in [0.29, 0.717) is 0 Å². The monoisotopic (exact) mass is 231 g/mol. The molecular weight excluding hydrogens is 216 g/mol. The molecule has 7 nitrogen and oxygen atoms in total. The van der Waals surface area contributed by atoms with E-state index < -0.39 is 24.2 Å². The molecule has 14 heavy (non-hydrogen) atoms. The number of rotatable bonds is 6. The topological polar surface area (TPSA) is 127 Å². The second-order valence-electron chi connectivity index (χ2n) is 2.28. The molecule has 0 bridgehead atoms. The van der Waals surface area contributed by atoms with E-state index in [1.165, 1.54) is 0 Å². The van der Waals surface area contributed by atoms with Crippen molar-refractivity contribution in [1.29, 1.82) is 0 Å². The highest BCUT2D eigenvalue weighted by atomic mass is 32.2. The molecule has 86 valence electrons. The summed E-state index contributed by atoms with van der Waals surface area (Å²) in [5, 5.41) is 34.1. The van der Waals surface area contributed by atoms with Crippen LogP contribution in [0.25, 0.3) is 0 Å². The van der Waals surface area contributed by atoms with Crippen molar-refractivity contribution in [2.24, 2.45) is 0 Å². The van der Waals surface area contributed by atoms with Crippen LogP contribution in [0, 0.1) is 0 Å². The van der Waals surface area contributed by atoms with Crippen LogP contribution in [0.5, 0.6) is 0 Å². The van der Waals surface area contributed by atoms with Crippen molar-refractivity contribution in [1.82, 2.24) is 0 Å². The van der Waals surface area contributed by atoms with E-state index in [4.69, 9.17) is 33.9 Å². The Balaban J connectivity index is 0. The quantitative estimate of drug-likeness (QED) is 0.254. The Labute approximate surface area is 85.3 Å². The van der Waals surface area contributed by atoms with E-state index in [2.05, 4.69) is 0 Å². The van der Waals surface area contributed by atoms with Crippen LogP contribution in [-0.4, -0.2) is 63.6 Å². The third-order valence-corrected chi connectivity index (χ3v) is 1.04. The molecule has 0 aromatic carbocycles. The molecule has 0 aliphatic heterocycles. The smallest absolute Gasteiger partial charge is 0.394 e. The molecule has 0 aromatic rings. The first kappa shape index (κ1) is 16.2. The number of ether oxygens (including phenoxy) is 1. The third kappa shape index (κ3) is 14.3. The molecule has 0 saturated heterocycles. The van der Waals surface area contributed by atoms with Crippen molar-refractivity contribution in [3.63, 3.8) is 0 Å². The van der Waals surface area contributed by atoms with E-state index in [1.54, 1.807) is 0 Å². The highest BCUT2D eigenvalue weighted by Gasteiger charge is 2.04. The van der Waals surface area contributed by atoms with Crippen LogP contribution >= 0.6 is 0 Å². The van der Waals surface area contributed by atoms with Crippen LogP contribution in [0.1, 0.15) is 0 Å². The lowest BCUT2D eigenvalue weighted by Gasteiger charge is -2.10. The van der Waals surface area contributed by atoms with Crippen molar-refractivity contribution < 1.29 is 33.9 Å². The Hall–Kier alpha value is -0.220. The molecule has 0 aliphatic rings. The number of hydrogen-bond acceptors (Lipinski definition) is 6. The maximum absolute atomic E-state index is 8.72. The fourth-order valence-electron chi connectivity index (χ4n) is 0.446. The van der Waals surface area contributed by atoms with Gasteiger partial charge in [0.2, 0.25) is 0 Å². The lowest BCUT2D eigenvalue weighted by atomic mass is 10.4. The zero-order valence-electron chi connectivity index (χ0n) is 7.44. The predicted molar refractivity (Wildman–Crippen MR) is 47.7 cm³/mol. The van der Waals surface area contributed by atoms with Gasteiger partial charge in [-0.3, -0.25) is 0 Å².